The van der Waals surface area contributed by atoms with Crippen LogP contribution < -0.4 is 9.29 Å². The SMILES string of the molecule is O=C1C(NS(=O)(=O)c2ccc(Br)cc2)=C([n+]2ccc(CCCc3ccccc3)cc2)C(=O)c2ccccc21. The molecule has 4 aromatic rings. The van der Waals surface area contributed by atoms with Gasteiger partial charge >= 0.3 is 0 Å². The van der Waals surface area contributed by atoms with Crippen LogP contribution in [0.15, 0.2) is 118 Å². The Balaban J connectivity index is 1.48. The average molecular weight is 589 g/mol. The van der Waals surface area contributed by atoms with Crippen LogP contribution in [0.2, 0.25) is 0 Å². The van der Waals surface area contributed by atoms with E-state index in [0.717, 1.165) is 24.8 Å². The van der Waals surface area contributed by atoms with Crippen molar-refractivity contribution in [1.29, 1.82) is 0 Å². The standard InChI is InChI=1S/C30H23BrN2O4S/c31-23-13-15-24(16-14-23)38(36,37)32-27-28(30(35)26-12-5-4-11-25(26)29(27)34)33-19-17-22(18-20-33)10-6-9-21-7-2-1-3-8-21/h1-5,7-8,11-20H,6,9-10H2/p+1. The number of allylic oxidation sites excluding steroid dienone is 2. The molecule has 1 aliphatic rings. The number of nitrogens with zero attached hydrogens (tertiary/aromatic N) is 1. The summed E-state index contributed by atoms with van der Waals surface area (Å²) in [6, 6.07) is 26.5. The number of halogens is 1. The van der Waals surface area contributed by atoms with Crippen molar-refractivity contribution in [3.05, 3.63) is 136 Å². The molecule has 0 radical (unpaired) electrons. The molecule has 0 fully saturated rings. The number of nitrogens with one attached hydrogen (secondary N) is 1. The van der Waals surface area contributed by atoms with Crippen molar-refractivity contribution in [2.24, 2.45) is 0 Å². The van der Waals surface area contributed by atoms with Gasteiger partial charge in [0, 0.05) is 27.7 Å². The lowest BCUT2D eigenvalue weighted by Gasteiger charge is -2.18. The lowest BCUT2D eigenvalue weighted by molar-refractivity contribution is -0.577. The fourth-order valence-corrected chi connectivity index (χ4v) is 5.76. The predicted molar refractivity (Wildman–Crippen MR) is 148 cm³/mol. The maximum Gasteiger partial charge on any atom is 0.287 e. The maximum absolute atomic E-state index is 13.6. The van der Waals surface area contributed by atoms with E-state index in [2.05, 4.69) is 32.8 Å². The molecule has 1 N–H and O–H groups in total. The maximum atomic E-state index is 13.6. The van der Waals surface area contributed by atoms with E-state index in [1.807, 2.05) is 30.3 Å². The number of pyridine rings is 1. The Morgan fingerprint density at radius 1 is 0.684 bits per heavy atom. The monoisotopic (exact) mass is 587 g/mol. The summed E-state index contributed by atoms with van der Waals surface area (Å²) >= 11 is 3.29. The number of fused-ring (bicyclic) bond motifs is 1. The number of aryl methyl sites for hydroxylation is 2. The minimum Gasteiger partial charge on any atom is -0.287 e. The highest BCUT2D eigenvalue weighted by Crippen LogP contribution is 2.27. The van der Waals surface area contributed by atoms with Crippen LogP contribution in [-0.4, -0.2) is 20.0 Å². The third-order valence-corrected chi connectivity index (χ3v) is 8.28. The minimum absolute atomic E-state index is 0.0228. The first-order valence-corrected chi connectivity index (χ1v) is 14.4. The average Bonchev–Trinajstić information content (AvgIpc) is 2.93. The van der Waals surface area contributed by atoms with Crippen LogP contribution in [0.5, 0.6) is 0 Å². The highest BCUT2D eigenvalue weighted by Gasteiger charge is 2.40. The summed E-state index contributed by atoms with van der Waals surface area (Å²) in [4.78, 5) is 27.1. The quantitative estimate of drug-likeness (QED) is 0.289. The van der Waals surface area contributed by atoms with Gasteiger partial charge < -0.3 is 0 Å². The van der Waals surface area contributed by atoms with Gasteiger partial charge in [-0.25, -0.2) is 8.42 Å². The van der Waals surface area contributed by atoms with E-state index >= 15 is 0 Å². The second kappa shape index (κ2) is 10.8. The number of carbonyl (C=O) groups is 2. The van der Waals surface area contributed by atoms with Crippen LogP contribution in [0, 0.1) is 0 Å². The Morgan fingerprint density at radius 3 is 1.87 bits per heavy atom. The number of rotatable bonds is 8. The van der Waals surface area contributed by atoms with Gasteiger partial charge in [0.2, 0.25) is 5.78 Å². The number of hydrogen-bond donors (Lipinski definition) is 1. The topological polar surface area (TPSA) is 84.2 Å². The summed E-state index contributed by atoms with van der Waals surface area (Å²) in [5.41, 5.74) is 2.43. The highest BCUT2D eigenvalue weighted by atomic mass is 79.9. The molecule has 0 saturated carbocycles. The fourth-order valence-electron chi connectivity index (χ4n) is 4.42. The predicted octanol–water partition coefficient (Wildman–Crippen LogP) is 5.14. The van der Waals surface area contributed by atoms with Crippen molar-refractivity contribution in [2.45, 2.75) is 24.2 Å². The second-order valence-electron chi connectivity index (χ2n) is 8.94. The normalized spacial score (nSPS) is 13.4. The molecule has 0 bridgehead atoms. The number of hydrogen-bond acceptors (Lipinski definition) is 4. The molecule has 1 aliphatic carbocycles. The first-order valence-electron chi connectivity index (χ1n) is 12.1. The highest BCUT2D eigenvalue weighted by molar-refractivity contribution is 9.10. The zero-order chi connectivity index (χ0) is 26.7. The van der Waals surface area contributed by atoms with Crippen molar-refractivity contribution < 1.29 is 22.6 Å². The smallest absolute Gasteiger partial charge is 0.287 e. The van der Waals surface area contributed by atoms with Gasteiger partial charge in [-0.15, -0.1) is 0 Å². The van der Waals surface area contributed by atoms with Gasteiger partial charge in [0.15, 0.2) is 18.1 Å². The van der Waals surface area contributed by atoms with Crippen LogP contribution >= 0.6 is 15.9 Å². The molecule has 1 aromatic heterocycles. The molecule has 38 heavy (non-hydrogen) atoms. The van der Waals surface area contributed by atoms with E-state index in [1.165, 1.54) is 28.3 Å². The lowest BCUT2D eigenvalue weighted by atomic mass is 9.90. The molecule has 1 heterocycles. The Labute approximate surface area is 229 Å². The summed E-state index contributed by atoms with van der Waals surface area (Å²) in [7, 11) is -4.14. The number of sulfonamides is 1. The summed E-state index contributed by atoms with van der Waals surface area (Å²) in [5, 5.41) is 0. The van der Waals surface area contributed by atoms with Gasteiger partial charge in [-0.05, 0) is 54.7 Å². The Bertz CT molecular complexity index is 1650. The molecule has 5 rings (SSSR count). The van der Waals surface area contributed by atoms with E-state index in [-0.39, 0.29) is 27.4 Å². The number of ketones is 2. The molecular formula is C30H24BrN2O4S+. The second-order valence-corrected chi connectivity index (χ2v) is 11.5. The minimum atomic E-state index is -4.14. The molecule has 0 aliphatic heterocycles. The first kappa shape index (κ1) is 25.8. The molecule has 6 nitrogen and oxygen atoms in total. The van der Waals surface area contributed by atoms with E-state index in [4.69, 9.17) is 0 Å². The molecule has 0 spiro atoms. The molecule has 0 amide bonds. The first-order chi connectivity index (χ1) is 18.3. The molecule has 0 unspecified atom stereocenters. The number of Topliss-reactive ketones (excluding diaryl/α,β-unsaturated/α-hetero) is 2. The third-order valence-electron chi connectivity index (χ3n) is 6.39. The molecular weight excluding hydrogens is 564 g/mol. The number of aromatic nitrogens is 1. The van der Waals surface area contributed by atoms with E-state index < -0.39 is 21.6 Å². The summed E-state index contributed by atoms with van der Waals surface area (Å²) in [6.45, 7) is 0. The van der Waals surface area contributed by atoms with Crippen molar-refractivity contribution in [3.63, 3.8) is 0 Å². The zero-order valence-corrected chi connectivity index (χ0v) is 22.7. The Morgan fingerprint density at radius 2 is 1.24 bits per heavy atom. The molecule has 8 heteroatoms. The van der Waals surface area contributed by atoms with Gasteiger partial charge in [-0.2, -0.15) is 4.57 Å². The van der Waals surface area contributed by atoms with Crippen molar-refractivity contribution >= 4 is 43.2 Å². The zero-order valence-electron chi connectivity index (χ0n) is 20.3. The van der Waals surface area contributed by atoms with Crippen molar-refractivity contribution in [2.75, 3.05) is 0 Å². The summed E-state index contributed by atoms with van der Waals surface area (Å²) in [6.07, 6.45) is 6.14. The number of benzene rings is 3. The van der Waals surface area contributed by atoms with Gasteiger partial charge in [0.05, 0.1) is 4.90 Å². The molecule has 190 valence electrons. The Hall–Kier alpha value is -3.88. The molecule has 0 saturated heterocycles. The van der Waals surface area contributed by atoms with Crippen molar-refractivity contribution in [3.8, 4) is 0 Å². The number of carbonyl (C=O) groups excluding carboxylic acids is 2. The fraction of sp³-hybridized carbons (Fsp3) is 0.100. The molecule has 3 aromatic carbocycles. The van der Waals surface area contributed by atoms with Gasteiger partial charge in [-0.1, -0.05) is 70.5 Å². The van der Waals surface area contributed by atoms with E-state index in [0.29, 0.717) is 4.47 Å². The van der Waals surface area contributed by atoms with Crippen LogP contribution in [0.1, 0.15) is 38.3 Å². The van der Waals surface area contributed by atoms with Gasteiger partial charge in [0.25, 0.3) is 21.5 Å². The Kier molecular flexibility index (Phi) is 7.35. The lowest BCUT2D eigenvalue weighted by Crippen LogP contribution is -2.44. The largest absolute Gasteiger partial charge is 0.287 e. The third kappa shape index (κ3) is 5.37. The van der Waals surface area contributed by atoms with Crippen molar-refractivity contribution in [1.82, 2.24) is 4.72 Å². The van der Waals surface area contributed by atoms with E-state index in [9.17, 15) is 18.0 Å². The summed E-state index contributed by atoms with van der Waals surface area (Å²) in [5.74, 6) is -0.995. The van der Waals surface area contributed by atoms with Crippen LogP contribution in [-0.2, 0) is 22.9 Å². The summed E-state index contributed by atoms with van der Waals surface area (Å²) < 4.78 is 31.1. The van der Waals surface area contributed by atoms with E-state index in [1.54, 1.807) is 42.7 Å². The van der Waals surface area contributed by atoms with Gasteiger partial charge in [0.1, 0.15) is 0 Å². The molecule has 0 atom stereocenters. The van der Waals surface area contributed by atoms with Crippen LogP contribution in [0.3, 0.4) is 0 Å². The van der Waals surface area contributed by atoms with Crippen LogP contribution in [0.4, 0.5) is 0 Å². The van der Waals surface area contributed by atoms with Crippen LogP contribution in [0.25, 0.3) is 5.70 Å². The van der Waals surface area contributed by atoms with Gasteiger partial charge in [-0.3, -0.25) is 14.3 Å².